The van der Waals surface area contributed by atoms with Gasteiger partial charge in [-0.25, -0.2) is 9.78 Å². The third-order valence-corrected chi connectivity index (χ3v) is 4.85. The van der Waals surface area contributed by atoms with Gasteiger partial charge in [-0.3, -0.25) is 4.79 Å². The number of carbonyl (C=O) groups is 1. The molecule has 2 aromatic heterocycles. The Morgan fingerprint density at radius 3 is 2.42 bits per heavy atom. The highest BCUT2D eigenvalue weighted by Crippen LogP contribution is 2.36. The normalized spacial score (nSPS) is 11.8. The minimum Gasteiger partial charge on any atom is -0.478 e. The first-order valence-electron chi connectivity index (χ1n) is 9.74. The molecule has 0 amide bonds. The maximum Gasteiger partial charge on any atom is 0.417 e. The highest BCUT2D eigenvalue weighted by molar-refractivity contribution is 5.88. The predicted molar refractivity (Wildman–Crippen MR) is 112 cm³/mol. The van der Waals surface area contributed by atoms with Gasteiger partial charge in [0.2, 0.25) is 0 Å². The Kier molecular flexibility index (Phi) is 6.06. The average molecular weight is 433 g/mol. The molecule has 0 aliphatic carbocycles. The van der Waals surface area contributed by atoms with Gasteiger partial charge < -0.3 is 14.6 Å². The first kappa shape index (κ1) is 22.3. The van der Waals surface area contributed by atoms with Crippen molar-refractivity contribution in [1.29, 1.82) is 0 Å². The summed E-state index contributed by atoms with van der Waals surface area (Å²) in [5, 5.41) is 9.00. The Bertz CT molecular complexity index is 1170. The van der Waals surface area contributed by atoms with Crippen LogP contribution in [0.3, 0.4) is 0 Å². The van der Waals surface area contributed by atoms with Crippen LogP contribution in [0.25, 0.3) is 10.9 Å². The molecule has 1 N–H and O–H groups in total. The van der Waals surface area contributed by atoms with Gasteiger partial charge in [0.15, 0.2) is 0 Å². The van der Waals surface area contributed by atoms with Crippen molar-refractivity contribution in [3.05, 3.63) is 64.1 Å². The molecule has 0 fully saturated rings. The van der Waals surface area contributed by atoms with Crippen LogP contribution in [0.5, 0.6) is 0 Å². The standard InChI is InChI=1S/C22H22F3N3O3/c1-4-27(19-8-5-14(11-26-19)21(30)31)15-6-7-16-17(22(23,24)25)10-20(29)28(12-13(2)3)18(16)9-15/h5-11,13H,4,12H2,1-3H3,(H,30,31). The van der Waals surface area contributed by atoms with E-state index >= 15 is 0 Å². The van der Waals surface area contributed by atoms with E-state index in [9.17, 15) is 22.8 Å². The summed E-state index contributed by atoms with van der Waals surface area (Å²) in [6, 6.07) is 8.03. The number of nitrogens with zero attached hydrogens (tertiary/aromatic N) is 3. The summed E-state index contributed by atoms with van der Waals surface area (Å²) in [5.74, 6) is -0.615. The van der Waals surface area contributed by atoms with E-state index in [0.717, 1.165) is 0 Å². The zero-order chi connectivity index (χ0) is 22.9. The smallest absolute Gasteiger partial charge is 0.417 e. The van der Waals surface area contributed by atoms with E-state index in [4.69, 9.17) is 5.11 Å². The molecule has 0 bridgehead atoms. The number of fused-ring (bicyclic) bond motifs is 1. The molecule has 0 saturated heterocycles. The fraction of sp³-hybridized carbons (Fsp3) is 0.318. The minimum atomic E-state index is -4.66. The highest BCUT2D eigenvalue weighted by Gasteiger charge is 2.34. The molecule has 3 aromatic rings. The zero-order valence-electron chi connectivity index (χ0n) is 17.3. The second kappa shape index (κ2) is 8.41. The van der Waals surface area contributed by atoms with Crippen LogP contribution in [0, 0.1) is 5.92 Å². The number of aromatic nitrogens is 2. The Hall–Kier alpha value is -3.36. The third-order valence-electron chi connectivity index (χ3n) is 4.85. The van der Waals surface area contributed by atoms with Crippen molar-refractivity contribution >= 4 is 28.4 Å². The molecule has 0 saturated carbocycles. The number of carboxylic acid groups (broad SMARTS) is 1. The number of benzene rings is 1. The van der Waals surface area contributed by atoms with Crippen LogP contribution in [-0.2, 0) is 12.7 Å². The van der Waals surface area contributed by atoms with E-state index in [2.05, 4.69) is 4.98 Å². The molecular formula is C22H22F3N3O3. The fourth-order valence-corrected chi connectivity index (χ4v) is 3.47. The third kappa shape index (κ3) is 4.55. The van der Waals surface area contributed by atoms with Crippen molar-refractivity contribution in [1.82, 2.24) is 9.55 Å². The van der Waals surface area contributed by atoms with Crippen LogP contribution in [0.4, 0.5) is 24.7 Å². The van der Waals surface area contributed by atoms with Gasteiger partial charge in [0.25, 0.3) is 5.56 Å². The number of carboxylic acids is 1. The molecular weight excluding hydrogens is 411 g/mol. The Labute approximate surface area is 176 Å². The Morgan fingerprint density at radius 1 is 1.19 bits per heavy atom. The molecule has 0 spiro atoms. The molecule has 9 heteroatoms. The molecule has 0 radical (unpaired) electrons. The summed E-state index contributed by atoms with van der Waals surface area (Å²) in [4.78, 5) is 29.5. The largest absolute Gasteiger partial charge is 0.478 e. The maximum atomic E-state index is 13.6. The van der Waals surface area contributed by atoms with Gasteiger partial charge in [0.05, 0.1) is 16.6 Å². The van der Waals surface area contributed by atoms with Crippen LogP contribution in [0.2, 0.25) is 0 Å². The summed E-state index contributed by atoms with van der Waals surface area (Å²) >= 11 is 0. The number of hydrogen-bond acceptors (Lipinski definition) is 4. The highest BCUT2D eigenvalue weighted by atomic mass is 19.4. The molecule has 0 unspecified atom stereocenters. The summed E-state index contributed by atoms with van der Waals surface area (Å²) in [6.07, 6.45) is -3.44. The van der Waals surface area contributed by atoms with E-state index in [1.54, 1.807) is 11.0 Å². The van der Waals surface area contributed by atoms with Gasteiger partial charge in [-0.15, -0.1) is 0 Å². The summed E-state index contributed by atoms with van der Waals surface area (Å²) < 4.78 is 42.1. The summed E-state index contributed by atoms with van der Waals surface area (Å²) in [5.41, 5.74) is -0.920. The average Bonchev–Trinajstić information content (AvgIpc) is 2.70. The van der Waals surface area contributed by atoms with E-state index in [1.165, 1.54) is 35.0 Å². The van der Waals surface area contributed by atoms with Gasteiger partial charge in [-0.2, -0.15) is 13.2 Å². The first-order chi connectivity index (χ1) is 14.5. The lowest BCUT2D eigenvalue weighted by Crippen LogP contribution is -2.25. The van der Waals surface area contributed by atoms with Crippen LogP contribution in [-0.4, -0.2) is 27.2 Å². The van der Waals surface area contributed by atoms with E-state index in [1.807, 2.05) is 20.8 Å². The van der Waals surface area contributed by atoms with E-state index in [0.29, 0.717) is 24.1 Å². The molecule has 31 heavy (non-hydrogen) atoms. The monoisotopic (exact) mass is 433 g/mol. The number of pyridine rings is 2. The van der Waals surface area contributed by atoms with Gasteiger partial charge in [-0.1, -0.05) is 19.9 Å². The van der Waals surface area contributed by atoms with Gasteiger partial charge in [0, 0.05) is 36.4 Å². The SMILES string of the molecule is CCN(c1ccc2c(C(F)(F)F)cc(=O)n(CC(C)C)c2c1)c1ccc(C(=O)O)cn1. The quantitative estimate of drug-likeness (QED) is 0.597. The Morgan fingerprint density at radius 2 is 1.90 bits per heavy atom. The Balaban J connectivity index is 2.21. The number of alkyl halides is 3. The molecule has 1 aromatic carbocycles. The topological polar surface area (TPSA) is 75.4 Å². The summed E-state index contributed by atoms with van der Waals surface area (Å²) in [7, 11) is 0. The zero-order valence-corrected chi connectivity index (χ0v) is 17.3. The lowest BCUT2D eigenvalue weighted by atomic mass is 10.1. The second-order valence-electron chi connectivity index (χ2n) is 7.55. The van der Waals surface area contributed by atoms with Crippen molar-refractivity contribution in [2.24, 2.45) is 5.92 Å². The van der Waals surface area contributed by atoms with Gasteiger partial charge in [-0.05, 0) is 37.1 Å². The number of hydrogen-bond donors (Lipinski definition) is 1. The van der Waals surface area contributed by atoms with Crippen LogP contribution < -0.4 is 10.5 Å². The second-order valence-corrected chi connectivity index (χ2v) is 7.55. The number of rotatable bonds is 6. The van der Waals surface area contributed by atoms with Crippen molar-refractivity contribution in [3.8, 4) is 0 Å². The molecule has 2 heterocycles. The molecule has 0 aliphatic heterocycles. The first-order valence-corrected chi connectivity index (χ1v) is 9.74. The van der Waals surface area contributed by atoms with Crippen LogP contribution in [0.1, 0.15) is 36.7 Å². The molecule has 164 valence electrons. The van der Waals surface area contributed by atoms with Crippen molar-refractivity contribution in [2.75, 3.05) is 11.4 Å². The summed E-state index contributed by atoms with van der Waals surface area (Å²) in [6.45, 7) is 6.30. The fourth-order valence-electron chi connectivity index (χ4n) is 3.47. The van der Waals surface area contributed by atoms with Crippen molar-refractivity contribution < 1.29 is 23.1 Å². The minimum absolute atomic E-state index is 0.0268. The lowest BCUT2D eigenvalue weighted by Gasteiger charge is -2.24. The number of anilines is 2. The molecule has 3 rings (SSSR count). The van der Waals surface area contributed by atoms with Crippen LogP contribution in [0.15, 0.2) is 47.4 Å². The van der Waals surface area contributed by atoms with Gasteiger partial charge in [0.1, 0.15) is 5.82 Å². The number of halogens is 3. The molecule has 6 nitrogen and oxygen atoms in total. The molecule has 0 atom stereocenters. The molecule has 0 aliphatic rings. The maximum absolute atomic E-state index is 13.6. The van der Waals surface area contributed by atoms with Crippen molar-refractivity contribution in [3.63, 3.8) is 0 Å². The van der Waals surface area contributed by atoms with E-state index < -0.39 is 23.3 Å². The lowest BCUT2D eigenvalue weighted by molar-refractivity contribution is -0.136. The van der Waals surface area contributed by atoms with Gasteiger partial charge >= 0.3 is 12.1 Å². The van der Waals surface area contributed by atoms with Crippen LogP contribution >= 0.6 is 0 Å². The predicted octanol–water partition coefficient (Wildman–Crippen LogP) is 4.93. The van der Waals surface area contributed by atoms with Crippen molar-refractivity contribution in [2.45, 2.75) is 33.5 Å². The van der Waals surface area contributed by atoms with E-state index in [-0.39, 0.29) is 28.9 Å². The number of aromatic carboxylic acids is 1.